The molecule has 0 aromatic carbocycles. The molecular weight excluding hydrogens is 166 g/mol. The van der Waals surface area contributed by atoms with Crippen molar-refractivity contribution >= 4 is 5.52 Å². The summed E-state index contributed by atoms with van der Waals surface area (Å²) >= 11 is 0. The van der Waals surface area contributed by atoms with Crippen LogP contribution in [0.25, 0.3) is 5.52 Å². The van der Waals surface area contributed by atoms with Gasteiger partial charge in [-0.3, -0.25) is 0 Å². The van der Waals surface area contributed by atoms with Crippen LogP contribution >= 0.6 is 0 Å². The Hall–Kier alpha value is -1.42. The van der Waals surface area contributed by atoms with Crippen molar-refractivity contribution in [2.45, 2.75) is 19.4 Å². The molecule has 2 heterocycles. The average molecular weight is 177 g/mol. The van der Waals surface area contributed by atoms with Gasteiger partial charge in [0.05, 0.1) is 23.5 Å². The number of aliphatic hydroxyl groups is 1. The van der Waals surface area contributed by atoms with Gasteiger partial charge in [0, 0.05) is 0 Å². The lowest BCUT2D eigenvalue weighted by molar-refractivity contribution is 0.166. The molecule has 0 aliphatic carbocycles. The molecule has 1 unspecified atom stereocenters. The molecule has 0 saturated heterocycles. The minimum absolute atomic E-state index is 0.467. The maximum atomic E-state index is 9.66. The number of aromatic nitrogens is 3. The fraction of sp³-hybridized carbons (Fsp3) is 0.333. The molecule has 2 rings (SSSR count). The van der Waals surface area contributed by atoms with Crippen molar-refractivity contribution in [3.05, 3.63) is 30.1 Å². The summed E-state index contributed by atoms with van der Waals surface area (Å²) in [4.78, 5) is 0. The van der Waals surface area contributed by atoms with Gasteiger partial charge >= 0.3 is 0 Å². The average Bonchev–Trinajstić information content (AvgIpc) is 2.63. The first-order valence-corrected chi connectivity index (χ1v) is 4.30. The zero-order chi connectivity index (χ0) is 9.26. The lowest BCUT2D eigenvalue weighted by Gasteiger charge is -2.08. The Kier molecular flexibility index (Phi) is 1.98. The van der Waals surface area contributed by atoms with Gasteiger partial charge < -0.3 is 5.11 Å². The highest BCUT2D eigenvalue weighted by Crippen LogP contribution is 2.16. The van der Waals surface area contributed by atoms with Crippen molar-refractivity contribution in [2.24, 2.45) is 0 Å². The molecule has 4 nitrogen and oxygen atoms in total. The molecule has 0 radical (unpaired) electrons. The molecule has 4 heteroatoms. The van der Waals surface area contributed by atoms with Gasteiger partial charge in [0.15, 0.2) is 0 Å². The van der Waals surface area contributed by atoms with E-state index in [1.165, 1.54) is 0 Å². The highest BCUT2D eigenvalue weighted by Gasteiger charge is 2.09. The van der Waals surface area contributed by atoms with Crippen molar-refractivity contribution in [3.63, 3.8) is 0 Å². The molecule has 1 N–H and O–H groups in total. The van der Waals surface area contributed by atoms with E-state index in [1.54, 1.807) is 10.7 Å². The largest absolute Gasteiger partial charge is 0.387 e. The van der Waals surface area contributed by atoms with Crippen LogP contribution in [0.1, 0.15) is 25.1 Å². The van der Waals surface area contributed by atoms with E-state index < -0.39 is 6.10 Å². The molecule has 13 heavy (non-hydrogen) atoms. The molecule has 0 saturated carbocycles. The summed E-state index contributed by atoms with van der Waals surface area (Å²) in [6, 6.07) is 5.66. The Morgan fingerprint density at radius 3 is 3.15 bits per heavy atom. The summed E-state index contributed by atoms with van der Waals surface area (Å²) in [5.41, 5.74) is 1.70. The number of hydrogen-bond donors (Lipinski definition) is 1. The first kappa shape index (κ1) is 8.19. The van der Waals surface area contributed by atoms with Crippen LogP contribution in [0.4, 0.5) is 0 Å². The van der Waals surface area contributed by atoms with Crippen molar-refractivity contribution in [1.82, 2.24) is 14.8 Å². The Labute approximate surface area is 75.8 Å². The smallest absolute Gasteiger partial charge is 0.0958 e. The van der Waals surface area contributed by atoms with Crippen LogP contribution in [0.2, 0.25) is 0 Å². The van der Waals surface area contributed by atoms with Crippen molar-refractivity contribution in [1.29, 1.82) is 0 Å². The van der Waals surface area contributed by atoms with E-state index in [9.17, 15) is 5.11 Å². The second-order valence-electron chi connectivity index (χ2n) is 2.95. The van der Waals surface area contributed by atoms with E-state index in [-0.39, 0.29) is 0 Å². The van der Waals surface area contributed by atoms with Crippen LogP contribution in [0, 0.1) is 0 Å². The van der Waals surface area contributed by atoms with Crippen LogP contribution in [-0.4, -0.2) is 19.9 Å². The van der Waals surface area contributed by atoms with Crippen LogP contribution in [0.3, 0.4) is 0 Å². The lowest BCUT2D eigenvalue weighted by Crippen LogP contribution is -2.04. The van der Waals surface area contributed by atoms with Gasteiger partial charge in [0.2, 0.25) is 0 Å². The lowest BCUT2D eigenvalue weighted by atomic mass is 10.2. The van der Waals surface area contributed by atoms with Gasteiger partial charge in [-0.2, -0.15) is 0 Å². The van der Waals surface area contributed by atoms with E-state index in [2.05, 4.69) is 10.3 Å². The summed E-state index contributed by atoms with van der Waals surface area (Å²) in [5.74, 6) is 0. The predicted octanol–water partition coefficient (Wildman–Crippen LogP) is 1.17. The fourth-order valence-electron chi connectivity index (χ4n) is 1.33. The van der Waals surface area contributed by atoms with Gasteiger partial charge in [-0.25, -0.2) is 4.52 Å². The molecular formula is C9H11N3O. The zero-order valence-corrected chi connectivity index (χ0v) is 7.38. The minimum Gasteiger partial charge on any atom is -0.387 e. The van der Waals surface area contributed by atoms with Crippen molar-refractivity contribution in [3.8, 4) is 0 Å². The molecule has 2 aromatic rings. The molecule has 0 aliphatic heterocycles. The van der Waals surface area contributed by atoms with E-state index >= 15 is 0 Å². The number of pyridine rings is 1. The third-order valence-electron chi connectivity index (χ3n) is 2.08. The second kappa shape index (κ2) is 3.14. The standard InChI is InChI=1S/C9H11N3O/c1-2-9(13)8-5-3-4-7-6-10-11-12(7)8/h3-6,9,13H,2H2,1H3. The molecule has 1 atom stereocenters. The van der Waals surface area contributed by atoms with Crippen molar-refractivity contribution < 1.29 is 5.11 Å². The van der Waals surface area contributed by atoms with E-state index in [4.69, 9.17) is 0 Å². The Morgan fingerprint density at radius 1 is 1.54 bits per heavy atom. The summed E-state index contributed by atoms with van der Waals surface area (Å²) < 4.78 is 1.66. The number of rotatable bonds is 2. The molecule has 68 valence electrons. The predicted molar refractivity (Wildman–Crippen MR) is 48.2 cm³/mol. The fourth-order valence-corrected chi connectivity index (χ4v) is 1.33. The van der Waals surface area contributed by atoms with E-state index in [0.29, 0.717) is 6.42 Å². The number of fused-ring (bicyclic) bond motifs is 1. The monoisotopic (exact) mass is 177 g/mol. The first-order valence-electron chi connectivity index (χ1n) is 4.30. The third kappa shape index (κ3) is 1.29. The molecule has 0 amide bonds. The highest BCUT2D eigenvalue weighted by molar-refractivity contribution is 5.44. The highest BCUT2D eigenvalue weighted by atomic mass is 16.3. The van der Waals surface area contributed by atoms with E-state index in [1.807, 2.05) is 25.1 Å². The summed E-state index contributed by atoms with van der Waals surface area (Å²) in [5, 5.41) is 17.3. The van der Waals surface area contributed by atoms with Gasteiger partial charge in [-0.05, 0) is 18.6 Å². The topological polar surface area (TPSA) is 50.4 Å². The first-order chi connectivity index (χ1) is 6.33. The maximum Gasteiger partial charge on any atom is 0.0958 e. The molecule has 0 bridgehead atoms. The number of aliphatic hydroxyl groups excluding tert-OH is 1. The normalized spacial score (nSPS) is 13.4. The summed E-state index contributed by atoms with van der Waals surface area (Å²) in [6.07, 6.45) is 1.88. The van der Waals surface area contributed by atoms with E-state index in [0.717, 1.165) is 11.2 Å². The number of hydrogen-bond acceptors (Lipinski definition) is 3. The maximum absolute atomic E-state index is 9.66. The van der Waals surface area contributed by atoms with Crippen molar-refractivity contribution in [2.75, 3.05) is 0 Å². The molecule has 2 aromatic heterocycles. The summed E-state index contributed by atoms with van der Waals surface area (Å²) in [6.45, 7) is 1.93. The van der Waals surface area contributed by atoms with Crippen LogP contribution in [0.5, 0.6) is 0 Å². The quantitative estimate of drug-likeness (QED) is 0.749. The van der Waals surface area contributed by atoms with Gasteiger partial charge in [0.25, 0.3) is 0 Å². The molecule has 0 spiro atoms. The van der Waals surface area contributed by atoms with Crippen LogP contribution in [-0.2, 0) is 0 Å². The Bertz CT molecular complexity index is 410. The zero-order valence-electron chi connectivity index (χ0n) is 7.38. The van der Waals surface area contributed by atoms with Gasteiger partial charge in [0.1, 0.15) is 0 Å². The Morgan fingerprint density at radius 2 is 2.38 bits per heavy atom. The Balaban J connectivity index is 2.60. The summed E-state index contributed by atoms with van der Waals surface area (Å²) in [7, 11) is 0. The van der Waals surface area contributed by atoms with Crippen LogP contribution < -0.4 is 0 Å². The molecule has 0 aliphatic rings. The third-order valence-corrected chi connectivity index (χ3v) is 2.08. The SMILES string of the molecule is CCC(O)c1cccc2cnnn12. The van der Waals surface area contributed by atoms with Crippen LogP contribution in [0.15, 0.2) is 24.4 Å². The number of nitrogens with zero attached hydrogens (tertiary/aromatic N) is 3. The van der Waals surface area contributed by atoms with Gasteiger partial charge in [-0.1, -0.05) is 18.2 Å². The molecule has 0 fully saturated rings. The van der Waals surface area contributed by atoms with Gasteiger partial charge in [-0.15, -0.1) is 5.10 Å². The minimum atomic E-state index is -0.467. The second-order valence-corrected chi connectivity index (χ2v) is 2.95.